The van der Waals surface area contributed by atoms with Crippen molar-refractivity contribution in [3.05, 3.63) is 65.0 Å². The Morgan fingerprint density at radius 3 is 2.50 bits per heavy atom. The average Bonchev–Trinajstić information content (AvgIpc) is 2.46. The van der Waals surface area contributed by atoms with Crippen LogP contribution in [-0.2, 0) is 0 Å². The monoisotopic (exact) mass is 274 g/mol. The van der Waals surface area contributed by atoms with Gasteiger partial charge in [-0.25, -0.2) is 9.82 Å². The fraction of sp³-hybridized carbons (Fsp3) is 0.250. The minimum atomic E-state index is -0.384. The molecule has 0 saturated carbocycles. The van der Waals surface area contributed by atoms with E-state index >= 15 is 0 Å². The highest BCUT2D eigenvalue weighted by Gasteiger charge is 2.17. The largest absolute Gasteiger partial charge is 0.494 e. The summed E-state index contributed by atoms with van der Waals surface area (Å²) >= 11 is 0. The van der Waals surface area contributed by atoms with Crippen molar-refractivity contribution in [3.63, 3.8) is 0 Å². The summed E-state index contributed by atoms with van der Waals surface area (Å²) in [6, 6.07) is 12.4. The van der Waals surface area contributed by atoms with Crippen molar-refractivity contribution in [3.8, 4) is 5.75 Å². The summed E-state index contributed by atoms with van der Waals surface area (Å²) in [7, 11) is 0. The Kier molecular flexibility index (Phi) is 4.71. The SMILES string of the molecule is CCOc1ccc(C(NN)c2cccc(C)c2F)cc1. The van der Waals surface area contributed by atoms with Crippen molar-refractivity contribution in [1.82, 2.24) is 5.43 Å². The van der Waals surface area contributed by atoms with Crippen LogP contribution in [0.15, 0.2) is 42.5 Å². The molecule has 1 atom stereocenters. The highest BCUT2D eigenvalue weighted by Crippen LogP contribution is 2.26. The third-order valence-electron chi connectivity index (χ3n) is 3.22. The second-order valence-corrected chi connectivity index (χ2v) is 4.58. The van der Waals surface area contributed by atoms with Crippen LogP contribution >= 0.6 is 0 Å². The summed E-state index contributed by atoms with van der Waals surface area (Å²) in [5.41, 5.74) is 4.71. The molecule has 0 aliphatic carbocycles. The molecule has 0 fully saturated rings. The summed E-state index contributed by atoms with van der Waals surface area (Å²) in [6.07, 6.45) is 0. The average molecular weight is 274 g/mol. The van der Waals surface area contributed by atoms with Crippen molar-refractivity contribution >= 4 is 0 Å². The van der Waals surface area contributed by atoms with Gasteiger partial charge in [-0.1, -0.05) is 30.3 Å². The van der Waals surface area contributed by atoms with E-state index in [1.165, 1.54) is 0 Å². The van der Waals surface area contributed by atoms with Crippen molar-refractivity contribution in [2.75, 3.05) is 6.61 Å². The van der Waals surface area contributed by atoms with Gasteiger partial charge in [-0.2, -0.15) is 0 Å². The molecule has 0 aliphatic heterocycles. The van der Waals surface area contributed by atoms with Gasteiger partial charge in [0.1, 0.15) is 11.6 Å². The van der Waals surface area contributed by atoms with E-state index in [2.05, 4.69) is 5.43 Å². The Labute approximate surface area is 118 Å². The maximum atomic E-state index is 14.2. The van der Waals surface area contributed by atoms with Crippen LogP contribution in [0.4, 0.5) is 4.39 Å². The lowest BCUT2D eigenvalue weighted by Gasteiger charge is -2.18. The third-order valence-corrected chi connectivity index (χ3v) is 3.22. The lowest BCUT2D eigenvalue weighted by atomic mass is 9.97. The molecule has 20 heavy (non-hydrogen) atoms. The lowest BCUT2D eigenvalue weighted by molar-refractivity contribution is 0.340. The van der Waals surface area contributed by atoms with E-state index in [-0.39, 0.29) is 11.9 Å². The minimum Gasteiger partial charge on any atom is -0.494 e. The first-order valence-electron chi connectivity index (χ1n) is 6.61. The molecule has 106 valence electrons. The Morgan fingerprint density at radius 2 is 1.90 bits per heavy atom. The highest BCUT2D eigenvalue weighted by atomic mass is 19.1. The Morgan fingerprint density at radius 1 is 1.20 bits per heavy atom. The lowest BCUT2D eigenvalue weighted by Crippen LogP contribution is -2.29. The van der Waals surface area contributed by atoms with E-state index in [0.717, 1.165) is 11.3 Å². The first-order valence-corrected chi connectivity index (χ1v) is 6.61. The molecule has 4 heteroatoms. The molecular formula is C16H19FN2O. The van der Waals surface area contributed by atoms with Crippen molar-refractivity contribution in [2.24, 2.45) is 5.84 Å². The molecule has 0 aliphatic rings. The number of nitrogens with two attached hydrogens (primary N) is 1. The van der Waals surface area contributed by atoms with Crippen molar-refractivity contribution < 1.29 is 9.13 Å². The predicted octanol–water partition coefficient (Wildman–Crippen LogP) is 3.09. The smallest absolute Gasteiger partial charge is 0.131 e. The molecule has 0 amide bonds. The van der Waals surface area contributed by atoms with Gasteiger partial charge in [0.15, 0.2) is 0 Å². The minimum absolute atomic E-state index is 0.232. The van der Waals surface area contributed by atoms with Gasteiger partial charge >= 0.3 is 0 Å². The van der Waals surface area contributed by atoms with Crippen LogP contribution in [0, 0.1) is 12.7 Å². The number of rotatable bonds is 5. The molecule has 1 unspecified atom stereocenters. The number of hydrazine groups is 1. The van der Waals surface area contributed by atoms with Crippen LogP contribution in [-0.4, -0.2) is 6.61 Å². The molecule has 3 nitrogen and oxygen atoms in total. The molecule has 0 heterocycles. The first kappa shape index (κ1) is 14.5. The maximum Gasteiger partial charge on any atom is 0.131 e. The topological polar surface area (TPSA) is 47.3 Å². The van der Waals surface area contributed by atoms with Gasteiger partial charge in [-0.3, -0.25) is 5.84 Å². The van der Waals surface area contributed by atoms with Crippen LogP contribution in [0.3, 0.4) is 0 Å². The Hall–Kier alpha value is -1.91. The molecule has 0 aromatic heterocycles. The molecule has 2 aromatic rings. The number of ether oxygens (including phenoxy) is 1. The summed E-state index contributed by atoms with van der Waals surface area (Å²) in [5.74, 6) is 6.16. The standard InChI is InChI=1S/C16H19FN2O/c1-3-20-13-9-7-12(8-10-13)16(19-18)14-6-4-5-11(2)15(14)17/h4-10,16,19H,3,18H2,1-2H3. The van der Waals surface area contributed by atoms with Gasteiger partial charge in [0.05, 0.1) is 12.6 Å². The molecular weight excluding hydrogens is 255 g/mol. The van der Waals surface area contributed by atoms with E-state index in [4.69, 9.17) is 10.6 Å². The van der Waals surface area contributed by atoms with E-state index in [9.17, 15) is 4.39 Å². The zero-order chi connectivity index (χ0) is 14.5. The number of benzene rings is 2. The molecule has 0 radical (unpaired) electrons. The van der Waals surface area contributed by atoms with Crippen molar-refractivity contribution in [2.45, 2.75) is 19.9 Å². The van der Waals surface area contributed by atoms with E-state index in [1.54, 1.807) is 19.1 Å². The van der Waals surface area contributed by atoms with Crippen molar-refractivity contribution in [1.29, 1.82) is 0 Å². The van der Waals surface area contributed by atoms with E-state index in [1.807, 2.05) is 37.3 Å². The van der Waals surface area contributed by atoms with Gasteiger partial charge in [-0.15, -0.1) is 0 Å². The predicted molar refractivity (Wildman–Crippen MR) is 77.9 cm³/mol. The Bertz CT molecular complexity index is 569. The number of halogens is 1. The van der Waals surface area contributed by atoms with E-state index < -0.39 is 0 Å². The third kappa shape index (κ3) is 2.98. The summed E-state index contributed by atoms with van der Waals surface area (Å²) in [6.45, 7) is 4.29. The molecule has 3 N–H and O–H groups in total. The van der Waals surface area contributed by atoms with Crippen LogP contribution in [0.2, 0.25) is 0 Å². The molecule has 0 saturated heterocycles. The number of nitrogens with one attached hydrogen (secondary N) is 1. The summed E-state index contributed by atoms with van der Waals surface area (Å²) in [4.78, 5) is 0. The molecule has 0 spiro atoms. The second kappa shape index (κ2) is 6.50. The highest BCUT2D eigenvalue weighted by molar-refractivity contribution is 5.37. The summed E-state index contributed by atoms with van der Waals surface area (Å²) in [5, 5.41) is 0. The number of hydrogen-bond donors (Lipinski definition) is 2. The molecule has 0 bridgehead atoms. The van der Waals surface area contributed by atoms with Crippen LogP contribution in [0.25, 0.3) is 0 Å². The summed E-state index contributed by atoms with van der Waals surface area (Å²) < 4.78 is 19.6. The molecule has 2 aromatic carbocycles. The number of aryl methyl sites for hydroxylation is 1. The fourth-order valence-electron chi connectivity index (χ4n) is 2.18. The van der Waals surface area contributed by atoms with Crippen LogP contribution in [0.1, 0.15) is 29.7 Å². The van der Waals surface area contributed by atoms with Gasteiger partial charge < -0.3 is 4.74 Å². The Balaban J connectivity index is 2.34. The van der Waals surface area contributed by atoms with Crippen LogP contribution in [0.5, 0.6) is 5.75 Å². The van der Waals surface area contributed by atoms with Gasteiger partial charge in [0, 0.05) is 5.56 Å². The quantitative estimate of drug-likeness (QED) is 0.650. The van der Waals surface area contributed by atoms with Gasteiger partial charge in [0.25, 0.3) is 0 Å². The van der Waals surface area contributed by atoms with E-state index in [0.29, 0.717) is 17.7 Å². The molecule has 2 rings (SSSR count). The normalized spacial score (nSPS) is 12.2. The fourth-order valence-corrected chi connectivity index (χ4v) is 2.18. The zero-order valence-corrected chi connectivity index (χ0v) is 11.7. The van der Waals surface area contributed by atoms with Gasteiger partial charge in [-0.05, 0) is 37.1 Å². The van der Waals surface area contributed by atoms with Gasteiger partial charge in [0.2, 0.25) is 0 Å². The first-order chi connectivity index (χ1) is 9.67. The zero-order valence-electron chi connectivity index (χ0n) is 11.7. The van der Waals surface area contributed by atoms with Crippen LogP contribution < -0.4 is 16.0 Å². The second-order valence-electron chi connectivity index (χ2n) is 4.58. The number of hydrogen-bond acceptors (Lipinski definition) is 3. The maximum absolute atomic E-state index is 14.2.